The maximum Gasteiger partial charge on any atom is 0.340 e. The molecule has 7 rings (SSSR count). The summed E-state index contributed by atoms with van der Waals surface area (Å²) in [6, 6.07) is 41.1. The first kappa shape index (κ1) is 26.8. The van der Waals surface area contributed by atoms with E-state index in [9.17, 15) is 4.79 Å². The van der Waals surface area contributed by atoms with Gasteiger partial charge < -0.3 is 19.3 Å². The van der Waals surface area contributed by atoms with Crippen molar-refractivity contribution in [3.05, 3.63) is 155 Å². The Hall–Kier alpha value is -5.03. The second-order valence-electron chi connectivity index (χ2n) is 11.1. The van der Waals surface area contributed by atoms with Gasteiger partial charge in [-0.05, 0) is 43.2 Å². The lowest BCUT2D eigenvalue weighted by Crippen LogP contribution is -2.34. The van der Waals surface area contributed by atoms with Crippen LogP contribution in [0.3, 0.4) is 0 Å². The van der Waals surface area contributed by atoms with Crippen LogP contribution in [0.25, 0.3) is 0 Å². The van der Waals surface area contributed by atoms with Gasteiger partial charge in [-0.25, -0.2) is 4.79 Å². The maximum atomic E-state index is 13.4. The number of benzene rings is 5. The van der Waals surface area contributed by atoms with Crippen LogP contribution in [0.15, 0.2) is 121 Å². The van der Waals surface area contributed by atoms with E-state index in [1.165, 1.54) is 11.1 Å². The number of carbonyl (C=O) groups is 1. The molecule has 43 heavy (non-hydrogen) atoms. The highest BCUT2D eigenvalue weighted by atomic mass is 16.6. The molecule has 0 amide bonds. The number of hydrogen-bond donors (Lipinski definition) is 0. The number of ether oxygens (including phenoxy) is 2. The van der Waals surface area contributed by atoms with Gasteiger partial charge in [0.05, 0.1) is 16.9 Å². The van der Waals surface area contributed by atoms with Crippen LogP contribution in [0.5, 0.6) is 11.5 Å². The molecule has 2 heterocycles. The highest BCUT2D eigenvalue weighted by Crippen LogP contribution is 2.57. The summed E-state index contributed by atoms with van der Waals surface area (Å²) in [6.07, 6.45) is 0. The van der Waals surface area contributed by atoms with Crippen LogP contribution in [-0.2, 0) is 23.4 Å². The standard InChI is InChI=1S/C38H34N2O3/c1-3-39(4-2)33-23-32-36(24-34(33)40(25-27-15-7-5-8-16-27)26-28-17-9-6-10-18-28)42-35-22-14-13-21-31(35)38(32)30-20-12-11-19-29(30)37(41)43-38/h5-24H,3-4,25-26H2,1-2H3. The molecule has 0 saturated heterocycles. The fourth-order valence-corrected chi connectivity index (χ4v) is 6.55. The van der Waals surface area contributed by atoms with Gasteiger partial charge in [-0.15, -0.1) is 0 Å². The average Bonchev–Trinajstić information content (AvgIpc) is 3.35. The van der Waals surface area contributed by atoms with Gasteiger partial charge in [0.15, 0.2) is 5.60 Å². The third-order valence-corrected chi connectivity index (χ3v) is 8.59. The first-order chi connectivity index (χ1) is 21.1. The number of nitrogens with zero attached hydrogens (tertiary/aromatic N) is 2. The van der Waals surface area contributed by atoms with Crippen molar-refractivity contribution in [3.8, 4) is 11.5 Å². The van der Waals surface area contributed by atoms with Gasteiger partial charge in [-0.2, -0.15) is 0 Å². The minimum atomic E-state index is -1.10. The van der Waals surface area contributed by atoms with Crippen molar-refractivity contribution in [1.82, 2.24) is 0 Å². The molecule has 2 aliphatic rings. The number of carbonyl (C=O) groups excluding carboxylic acids is 1. The van der Waals surface area contributed by atoms with Crippen LogP contribution in [-0.4, -0.2) is 19.1 Å². The smallest absolute Gasteiger partial charge is 0.340 e. The van der Waals surface area contributed by atoms with E-state index in [0.29, 0.717) is 17.1 Å². The van der Waals surface area contributed by atoms with Crippen LogP contribution in [0.1, 0.15) is 52.0 Å². The van der Waals surface area contributed by atoms with Crippen molar-refractivity contribution in [3.63, 3.8) is 0 Å². The zero-order valence-electron chi connectivity index (χ0n) is 24.5. The molecule has 5 heteroatoms. The Labute approximate surface area is 252 Å². The van der Waals surface area contributed by atoms with E-state index in [0.717, 1.165) is 54.2 Å². The summed E-state index contributed by atoms with van der Waals surface area (Å²) >= 11 is 0. The predicted molar refractivity (Wildman–Crippen MR) is 171 cm³/mol. The molecule has 0 radical (unpaired) electrons. The highest BCUT2D eigenvalue weighted by molar-refractivity contribution is 5.97. The number of anilines is 2. The Morgan fingerprint density at radius 3 is 1.79 bits per heavy atom. The topological polar surface area (TPSA) is 42.0 Å². The number of rotatable bonds is 8. The van der Waals surface area contributed by atoms with Crippen molar-refractivity contribution in [1.29, 1.82) is 0 Å². The Bertz CT molecular complexity index is 1740. The second-order valence-corrected chi connectivity index (χ2v) is 11.1. The van der Waals surface area contributed by atoms with Gasteiger partial charge in [0.25, 0.3) is 0 Å². The normalized spacial score (nSPS) is 16.1. The summed E-state index contributed by atoms with van der Waals surface area (Å²) in [7, 11) is 0. The third-order valence-electron chi connectivity index (χ3n) is 8.59. The van der Waals surface area contributed by atoms with Crippen molar-refractivity contribution in [2.75, 3.05) is 22.9 Å². The monoisotopic (exact) mass is 566 g/mol. The molecule has 5 aromatic carbocycles. The molecule has 0 bridgehead atoms. The molecule has 5 nitrogen and oxygen atoms in total. The van der Waals surface area contributed by atoms with Gasteiger partial charge in [0.2, 0.25) is 0 Å². The Morgan fingerprint density at radius 1 is 0.581 bits per heavy atom. The van der Waals surface area contributed by atoms with Crippen molar-refractivity contribution in [2.24, 2.45) is 0 Å². The fourth-order valence-electron chi connectivity index (χ4n) is 6.55. The lowest BCUT2D eigenvalue weighted by atomic mass is 9.77. The third kappa shape index (κ3) is 4.52. The van der Waals surface area contributed by atoms with Crippen molar-refractivity contribution < 1.29 is 14.3 Å². The average molecular weight is 567 g/mol. The molecule has 0 aromatic heterocycles. The molecule has 0 N–H and O–H groups in total. The quantitative estimate of drug-likeness (QED) is 0.177. The van der Waals surface area contributed by atoms with E-state index in [-0.39, 0.29) is 5.97 Å². The van der Waals surface area contributed by atoms with E-state index >= 15 is 0 Å². The molecule has 5 aromatic rings. The SMILES string of the molecule is CCN(CC)c1cc2c(cc1N(Cc1ccccc1)Cc1ccccc1)Oc1ccccc1C21OC(=O)c2ccccc21. The van der Waals surface area contributed by atoms with Crippen molar-refractivity contribution >= 4 is 17.3 Å². The van der Waals surface area contributed by atoms with Gasteiger partial charge in [-0.1, -0.05) is 97.1 Å². The van der Waals surface area contributed by atoms with Crippen molar-refractivity contribution in [2.45, 2.75) is 32.5 Å². The molecule has 2 aliphatic heterocycles. The Morgan fingerprint density at radius 2 is 1.14 bits per heavy atom. The first-order valence-electron chi connectivity index (χ1n) is 15.0. The van der Waals surface area contributed by atoms with Gasteiger partial charge in [-0.3, -0.25) is 0 Å². The van der Waals surface area contributed by atoms with Crippen LogP contribution >= 0.6 is 0 Å². The molecule has 1 atom stereocenters. The molecule has 214 valence electrons. The zero-order chi connectivity index (χ0) is 29.4. The summed E-state index contributed by atoms with van der Waals surface area (Å²) in [5, 5.41) is 0. The van der Waals surface area contributed by atoms with E-state index in [1.54, 1.807) is 0 Å². The minimum Gasteiger partial charge on any atom is -0.456 e. The number of esters is 1. The lowest BCUT2D eigenvalue weighted by molar-refractivity contribution is 0.0224. The predicted octanol–water partition coefficient (Wildman–Crippen LogP) is 8.31. The van der Waals surface area contributed by atoms with E-state index in [4.69, 9.17) is 9.47 Å². The number of fused-ring (bicyclic) bond motifs is 6. The van der Waals surface area contributed by atoms with Gasteiger partial charge in [0.1, 0.15) is 11.5 Å². The molecule has 0 saturated carbocycles. The molecular weight excluding hydrogens is 532 g/mol. The van der Waals surface area contributed by atoms with E-state index in [2.05, 4.69) is 96.4 Å². The molecule has 0 aliphatic carbocycles. The highest BCUT2D eigenvalue weighted by Gasteiger charge is 2.53. The number of hydrogen-bond acceptors (Lipinski definition) is 5. The van der Waals surface area contributed by atoms with Gasteiger partial charge >= 0.3 is 5.97 Å². The van der Waals surface area contributed by atoms with E-state index in [1.807, 2.05) is 48.5 Å². The van der Waals surface area contributed by atoms with Crippen LogP contribution in [0, 0.1) is 0 Å². The maximum absolute atomic E-state index is 13.4. The summed E-state index contributed by atoms with van der Waals surface area (Å²) < 4.78 is 13.1. The summed E-state index contributed by atoms with van der Waals surface area (Å²) in [4.78, 5) is 18.2. The second kappa shape index (κ2) is 11.0. The minimum absolute atomic E-state index is 0.318. The van der Waals surface area contributed by atoms with Crippen LogP contribution in [0.2, 0.25) is 0 Å². The molecule has 1 spiro atoms. The van der Waals surface area contributed by atoms with Gasteiger partial charge in [0, 0.05) is 48.9 Å². The van der Waals surface area contributed by atoms with Crippen LogP contribution < -0.4 is 14.5 Å². The van der Waals surface area contributed by atoms with Crippen LogP contribution in [0.4, 0.5) is 11.4 Å². The Balaban J connectivity index is 1.47. The largest absolute Gasteiger partial charge is 0.456 e. The summed E-state index contributed by atoms with van der Waals surface area (Å²) in [5.41, 5.74) is 6.63. The van der Waals surface area contributed by atoms with E-state index < -0.39 is 5.60 Å². The molecular formula is C38H34N2O3. The fraction of sp³-hybridized carbons (Fsp3) is 0.184. The summed E-state index contributed by atoms with van der Waals surface area (Å²) in [6.45, 7) is 7.46. The zero-order valence-corrected chi connectivity index (χ0v) is 24.5. The molecule has 0 fully saturated rings. The summed E-state index contributed by atoms with van der Waals surface area (Å²) in [5.74, 6) is 1.07. The molecule has 1 unspecified atom stereocenters. The number of para-hydroxylation sites is 1. The Kier molecular flexibility index (Phi) is 6.86. The first-order valence-corrected chi connectivity index (χ1v) is 15.0. The lowest BCUT2D eigenvalue weighted by Gasteiger charge is -2.39.